The molecule has 126 valence electrons. The van der Waals surface area contributed by atoms with Crippen LogP contribution in [0.2, 0.25) is 0 Å². The van der Waals surface area contributed by atoms with Crippen LogP contribution in [-0.4, -0.2) is 38.7 Å². The molecule has 0 bridgehead atoms. The fourth-order valence-corrected chi connectivity index (χ4v) is 2.09. The fourth-order valence-electron chi connectivity index (χ4n) is 2.09. The quantitative estimate of drug-likeness (QED) is 0.509. The predicted molar refractivity (Wildman–Crippen MR) is 92.0 cm³/mol. The van der Waals surface area contributed by atoms with Crippen LogP contribution in [-0.2, 0) is 18.4 Å². The van der Waals surface area contributed by atoms with Crippen molar-refractivity contribution in [3.05, 3.63) is 53.8 Å². The second kappa shape index (κ2) is 7.91. The maximum absolute atomic E-state index is 11.1. The highest BCUT2D eigenvalue weighted by Gasteiger charge is 2.13. The molecule has 1 aromatic rings. The Kier molecular flexibility index (Phi) is 5.67. The van der Waals surface area contributed by atoms with E-state index in [-0.39, 0.29) is 5.57 Å². The monoisotopic (exact) mass is 328 g/mol. The molecule has 2 heterocycles. The number of carbonyl (C=O) groups is 1. The topological polar surface area (TPSA) is 104 Å². The molecule has 2 rings (SSSR count). The van der Waals surface area contributed by atoms with Gasteiger partial charge in [-0.05, 0) is 25.2 Å². The number of hydrogen-bond donors (Lipinski definition) is 3. The number of aliphatic carboxylic acids is 1. The Morgan fingerprint density at radius 2 is 2.33 bits per heavy atom. The molecule has 0 radical (unpaired) electrons. The Labute approximate surface area is 140 Å². The van der Waals surface area contributed by atoms with Crippen molar-refractivity contribution in [3.8, 4) is 0 Å². The fraction of sp³-hybridized carbons (Fsp3) is 0.250. The van der Waals surface area contributed by atoms with E-state index >= 15 is 0 Å². The molecular weight excluding hydrogens is 308 g/mol. The lowest BCUT2D eigenvalue weighted by molar-refractivity contribution is -0.132. The number of allylic oxidation sites excluding steroid dienone is 3. The number of nitrogens with zero attached hydrogens (tertiary/aromatic N) is 4. The van der Waals surface area contributed by atoms with E-state index in [9.17, 15) is 4.79 Å². The van der Waals surface area contributed by atoms with E-state index in [4.69, 9.17) is 5.11 Å². The summed E-state index contributed by atoms with van der Waals surface area (Å²) in [5.74, 6) is 0.443. The Balaban J connectivity index is 2.06. The minimum Gasteiger partial charge on any atom is -0.478 e. The first kappa shape index (κ1) is 17.2. The summed E-state index contributed by atoms with van der Waals surface area (Å²) in [5, 5.41) is 23.6. The zero-order valence-corrected chi connectivity index (χ0v) is 13.7. The van der Waals surface area contributed by atoms with Gasteiger partial charge in [0.25, 0.3) is 0 Å². The van der Waals surface area contributed by atoms with Crippen molar-refractivity contribution in [2.24, 2.45) is 12.0 Å². The summed E-state index contributed by atoms with van der Waals surface area (Å²) in [4.78, 5) is 15.1. The minimum atomic E-state index is -1.01. The molecule has 0 aliphatic carbocycles. The number of aliphatic imine (C=N–C) groups is 1. The molecule has 0 atom stereocenters. The van der Waals surface area contributed by atoms with Crippen molar-refractivity contribution in [1.82, 2.24) is 25.4 Å². The Hall–Kier alpha value is -3.16. The lowest BCUT2D eigenvalue weighted by Gasteiger charge is -2.11. The highest BCUT2D eigenvalue weighted by molar-refractivity contribution is 5.90. The molecule has 1 aliphatic rings. The van der Waals surface area contributed by atoms with Gasteiger partial charge in [-0.2, -0.15) is 0 Å². The van der Waals surface area contributed by atoms with E-state index in [1.807, 2.05) is 17.7 Å². The second-order valence-electron chi connectivity index (χ2n) is 5.10. The van der Waals surface area contributed by atoms with Crippen LogP contribution in [0.1, 0.15) is 18.6 Å². The van der Waals surface area contributed by atoms with Crippen molar-refractivity contribution in [1.29, 1.82) is 0 Å². The average Bonchev–Trinajstić information content (AvgIpc) is 2.94. The van der Waals surface area contributed by atoms with Gasteiger partial charge >= 0.3 is 5.97 Å². The number of carboxylic acids is 1. The van der Waals surface area contributed by atoms with Gasteiger partial charge < -0.3 is 20.3 Å². The molecule has 0 fully saturated rings. The van der Waals surface area contributed by atoms with Gasteiger partial charge in [-0.15, -0.1) is 10.2 Å². The van der Waals surface area contributed by atoms with Crippen LogP contribution in [0.4, 0.5) is 0 Å². The van der Waals surface area contributed by atoms with Crippen LogP contribution >= 0.6 is 0 Å². The van der Waals surface area contributed by atoms with Gasteiger partial charge in [0.15, 0.2) is 11.6 Å². The second-order valence-corrected chi connectivity index (χ2v) is 5.10. The first-order chi connectivity index (χ1) is 11.5. The molecule has 0 spiro atoms. The lowest BCUT2D eigenvalue weighted by Crippen LogP contribution is -2.19. The third kappa shape index (κ3) is 4.19. The molecular formula is C16H20N6O2. The summed E-state index contributed by atoms with van der Waals surface area (Å²) < 4.78 is 1.87. The van der Waals surface area contributed by atoms with Crippen molar-refractivity contribution >= 4 is 18.0 Å². The molecule has 0 saturated heterocycles. The smallest absolute Gasteiger partial charge is 0.335 e. The van der Waals surface area contributed by atoms with Crippen molar-refractivity contribution < 1.29 is 9.90 Å². The van der Waals surface area contributed by atoms with Crippen LogP contribution in [0, 0.1) is 0 Å². The van der Waals surface area contributed by atoms with Gasteiger partial charge in [-0.25, -0.2) is 4.79 Å². The molecule has 3 N–H and O–H groups in total. The van der Waals surface area contributed by atoms with E-state index < -0.39 is 5.97 Å². The van der Waals surface area contributed by atoms with Gasteiger partial charge in [0.2, 0.25) is 0 Å². The third-order valence-corrected chi connectivity index (χ3v) is 3.36. The van der Waals surface area contributed by atoms with Crippen LogP contribution in [0.5, 0.6) is 0 Å². The summed E-state index contributed by atoms with van der Waals surface area (Å²) in [5.41, 5.74) is 1.72. The maximum Gasteiger partial charge on any atom is 0.335 e. The zero-order chi connectivity index (χ0) is 17.5. The predicted octanol–water partition coefficient (Wildman–Crippen LogP) is 0.978. The van der Waals surface area contributed by atoms with E-state index in [1.165, 1.54) is 12.2 Å². The number of hydrogen-bond acceptors (Lipinski definition) is 6. The van der Waals surface area contributed by atoms with E-state index in [0.717, 1.165) is 17.3 Å². The molecule has 0 unspecified atom stereocenters. The van der Waals surface area contributed by atoms with Crippen LogP contribution in [0.25, 0.3) is 5.70 Å². The molecule has 1 aromatic heterocycles. The molecule has 0 amide bonds. The van der Waals surface area contributed by atoms with Gasteiger partial charge in [0, 0.05) is 12.7 Å². The zero-order valence-electron chi connectivity index (χ0n) is 13.7. The summed E-state index contributed by atoms with van der Waals surface area (Å²) >= 11 is 0. The van der Waals surface area contributed by atoms with Gasteiger partial charge in [0.05, 0.1) is 30.7 Å². The molecule has 0 saturated carbocycles. The molecule has 8 nitrogen and oxygen atoms in total. The molecule has 0 aromatic carbocycles. The van der Waals surface area contributed by atoms with Crippen molar-refractivity contribution in [2.75, 3.05) is 6.54 Å². The first-order valence-electron chi connectivity index (χ1n) is 7.34. The van der Waals surface area contributed by atoms with Crippen molar-refractivity contribution in [2.45, 2.75) is 13.5 Å². The normalized spacial score (nSPS) is 14.8. The number of carboxylic acid groups (broad SMARTS) is 1. The third-order valence-electron chi connectivity index (χ3n) is 3.36. The first-order valence-corrected chi connectivity index (χ1v) is 7.34. The van der Waals surface area contributed by atoms with E-state index in [1.54, 1.807) is 19.3 Å². The summed E-state index contributed by atoms with van der Waals surface area (Å²) in [6, 6.07) is 0. The molecule has 8 heteroatoms. The largest absolute Gasteiger partial charge is 0.478 e. The summed E-state index contributed by atoms with van der Waals surface area (Å²) in [6.07, 6.45) is 8.00. The number of rotatable bonds is 7. The number of aromatic nitrogens is 3. The highest BCUT2D eigenvalue weighted by Crippen LogP contribution is 2.11. The van der Waals surface area contributed by atoms with Crippen molar-refractivity contribution in [3.63, 3.8) is 0 Å². The van der Waals surface area contributed by atoms with Crippen LogP contribution in [0.3, 0.4) is 0 Å². The Morgan fingerprint density at radius 1 is 1.54 bits per heavy atom. The van der Waals surface area contributed by atoms with Gasteiger partial charge in [-0.3, -0.25) is 4.99 Å². The van der Waals surface area contributed by atoms with Crippen LogP contribution in [0.15, 0.2) is 47.1 Å². The summed E-state index contributed by atoms with van der Waals surface area (Å²) in [6.45, 7) is 6.34. The Bertz CT molecular complexity index is 755. The summed E-state index contributed by atoms with van der Waals surface area (Å²) in [7, 11) is 1.87. The Morgan fingerprint density at radius 3 is 2.96 bits per heavy atom. The average molecular weight is 328 g/mol. The highest BCUT2D eigenvalue weighted by atomic mass is 16.4. The lowest BCUT2D eigenvalue weighted by atomic mass is 10.2. The maximum atomic E-state index is 11.1. The van der Waals surface area contributed by atoms with E-state index in [0.29, 0.717) is 18.8 Å². The van der Waals surface area contributed by atoms with Gasteiger partial charge in [0.1, 0.15) is 0 Å². The number of nitrogens with one attached hydrogen (secondary N) is 2. The van der Waals surface area contributed by atoms with Gasteiger partial charge in [-0.1, -0.05) is 12.7 Å². The van der Waals surface area contributed by atoms with Crippen LogP contribution < -0.4 is 10.6 Å². The minimum absolute atomic E-state index is 0.157. The van der Waals surface area contributed by atoms with E-state index in [2.05, 4.69) is 32.4 Å². The SMILES string of the molecule is C=C/C=C(\C=C(/C)NCc1nnc(C2=CCN=CN2)n1C)C(=O)O. The molecule has 24 heavy (non-hydrogen) atoms. The molecule has 1 aliphatic heterocycles. The standard InChI is InChI=1S/C16H20N6O2/c1-4-5-12(16(23)24)8-11(2)18-9-14-20-21-15(22(14)3)13-6-7-17-10-19-13/h4-6,8,10,18H,1,7,9H2,2-3H3,(H,17,19)(H,23,24)/b11-8+,12-5+.